The van der Waals surface area contributed by atoms with Crippen LogP contribution in [0.15, 0.2) is 52.8 Å². The first-order chi connectivity index (χ1) is 19.5. The van der Waals surface area contributed by atoms with Gasteiger partial charge in [0.15, 0.2) is 0 Å². The number of methoxy groups -OCH3 is 2. The Balaban J connectivity index is 1.60. The van der Waals surface area contributed by atoms with Crippen molar-refractivity contribution in [3.63, 3.8) is 0 Å². The molecule has 0 radical (unpaired) electrons. The van der Waals surface area contributed by atoms with Crippen molar-refractivity contribution in [2.75, 3.05) is 43.7 Å². The molecule has 1 saturated heterocycles. The number of aliphatic imine (C=N–C) groups is 1. The Kier molecular flexibility index (Phi) is 7.73. The summed E-state index contributed by atoms with van der Waals surface area (Å²) in [7, 11) is 2.91. The maximum Gasteiger partial charge on any atom is 0.416 e. The number of piperazine rings is 1. The van der Waals surface area contributed by atoms with Gasteiger partial charge >= 0.3 is 12.1 Å². The van der Waals surface area contributed by atoms with Crippen molar-refractivity contribution >= 4 is 40.3 Å². The topological polar surface area (TPSA) is 77.8 Å². The number of carbonyl (C=O) groups is 1. The molecule has 3 aromatic rings. The predicted octanol–water partition coefficient (Wildman–Crippen LogP) is 6.16. The third-order valence-electron chi connectivity index (χ3n) is 7.28. The largest absolute Gasteiger partial charge is 0.497 e. The quantitative estimate of drug-likeness (QED) is 0.344. The lowest BCUT2D eigenvalue weighted by Gasteiger charge is -2.47. The van der Waals surface area contributed by atoms with Gasteiger partial charge in [-0.3, -0.25) is 4.79 Å². The van der Waals surface area contributed by atoms with Crippen LogP contribution in [0, 0.1) is 5.13 Å². The average molecular weight is 593 g/mol. The van der Waals surface area contributed by atoms with Crippen molar-refractivity contribution in [1.82, 2.24) is 4.90 Å². The summed E-state index contributed by atoms with van der Waals surface area (Å²) >= 11 is 0.773. The monoisotopic (exact) mass is 592 g/mol. The van der Waals surface area contributed by atoms with Gasteiger partial charge in [0.25, 0.3) is 0 Å². The Morgan fingerprint density at radius 1 is 1.15 bits per heavy atom. The summed E-state index contributed by atoms with van der Waals surface area (Å²) in [6.45, 7) is 3.28. The number of thiophene rings is 1. The van der Waals surface area contributed by atoms with Gasteiger partial charge in [0.05, 0.1) is 37.9 Å². The first kappa shape index (κ1) is 28.5. The molecule has 2 aliphatic rings. The fourth-order valence-corrected chi connectivity index (χ4v) is 6.12. The number of hydrogen-bond donors (Lipinski definition) is 1. The van der Waals surface area contributed by atoms with Gasteiger partial charge in [0.2, 0.25) is 11.1 Å². The van der Waals surface area contributed by atoms with E-state index in [0.717, 1.165) is 29.2 Å². The molecule has 0 spiro atoms. The summed E-state index contributed by atoms with van der Waals surface area (Å²) in [5.41, 5.74) is 0.295. The molecule has 5 rings (SSSR count). The lowest BCUT2D eigenvalue weighted by atomic mass is 10.00. The van der Waals surface area contributed by atoms with E-state index < -0.39 is 35.3 Å². The van der Waals surface area contributed by atoms with Crippen LogP contribution in [0.25, 0.3) is 0 Å². The second-order valence-corrected chi connectivity index (χ2v) is 10.6. The highest BCUT2D eigenvalue weighted by molar-refractivity contribution is 7.08. The van der Waals surface area contributed by atoms with Crippen molar-refractivity contribution in [1.29, 1.82) is 0 Å². The van der Waals surface area contributed by atoms with Crippen molar-refractivity contribution in [2.45, 2.75) is 31.6 Å². The van der Waals surface area contributed by atoms with Gasteiger partial charge in [0, 0.05) is 48.4 Å². The number of halogens is 4. The number of ether oxygens (including phenoxy) is 2. The summed E-state index contributed by atoms with van der Waals surface area (Å²) < 4.78 is 67.2. The highest BCUT2D eigenvalue weighted by Gasteiger charge is 2.41. The summed E-state index contributed by atoms with van der Waals surface area (Å²) in [6.07, 6.45) is -5.16. The molecule has 0 amide bonds. The van der Waals surface area contributed by atoms with Crippen LogP contribution in [-0.4, -0.2) is 61.8 Å². The van der Waals surface area contributed by atoms with Crippen LogP contribution < -0.4 is 19.3 Å². The van der Waals surface area contributed by atoms with Gasteiger partial charge in [-0.2, -0.15) is 17.6 Å². The van der Waals surface area contributed by atoms with E-state index in [2.05, 4.69) is 9.89 Å². The Morgan fingerprint density at radius 2 is 1.93 bits per heavy atom. The molecule has 3 heterocycles. The van der Waals surface area contributed by atoms with E-state index in [1.165, 1.54) is 23.5 Å². The molecular formula is C28H28F4N4O4S. The van der Waals surface area contributed by atoms with Gasteiger partial charge < -0.3 is 29.3 Å². The number of alkyl halides is 3. The molecule has 0 bridgehead atoms. The summed E-state index contributed by atoms with van der Waals surface area (Å²) in [6, 6.07) is 9.51. The molecule has 13 heteroatoms. The molecule has 218 valence electrons. The Morgan fingerprint density at radius 3 is 2.59 bits per heavy atom. The molecule has 41 heavy (non-hydrogen) atoms. The van der Waals surface area contributed by atoms with Crippen LogP contribution in [0.1, 0.15) is 30.5 Å². The summed E-state index contributed by atoms with van der Waals surface area (Å²) in [4.78, 5) is 22.1. The molecule has 1 N–H and O–H groups in total. The van der Waals surface area contributed by atoms with E-state index in [1.54, 1.807) is 7.11 Å². The first-order valence-electron chi connectivity index (χ1n) is 12.8. The van der Waals surface area contributed by atoms with E-state index in [0.29, 0.717) is 30.9 Å². The second kappa shape index (κ2) is 11.1. The third-order valence-corrected chi connectivity index (χ3v) is 8.05. The number of hydrogen-bond acceptors (Lipinski definition) is 8. The highest BCUT2D eigenvalue weighted by atomic mass is 32.1. The number of benzene rings is 2. The molecule has 8 nitrogen and oxygen atoms in total. The van der Waals surface area contributed by atoms with Crippen LogP contribution in [-0.2, 0) is 11.0 Å². The maximum absolute atomic E-state index is 14.9. The molecule has 2 atom stereocenters. The van der Waals surface area contributed by atoms with Crippen molar-refractivity contribution in [3.8, 4) is 11.5 Å². The molecule has 1 fully saturated rings. The predicted molar refractivity (Wildman–Crippen MR) is 148 cm³/mol. The summed E-state index contributed by atoms with van der Waals surface area (Å²) in [5, 5.41) is 10.7. The Labute approximate surface area is 238 Å². The number of guanidine groups is 1. The fraction of sp³-hybridized carbons (Fsp3) is 0.357. The number of carboxylic acids is 1. The molecule has 2 aromatic carbocycles. The fourth-order valence-electron chi connectivity index (χ4n) is 5.35. The van der Waals surface area contributed by atoms with Gasteiger partial charge in [-0.05, 0) is 37.3 Å². The normalized spacial score (nSPS) is 19.1. The zero-order valence-corrected chi connectivity index (χ0v) is 23.3. The van der Waals surface area contributed by atoms with Gasteiger partial charge in [-0.25, -0.2) is 4.99 Å². The molecule has 0 aliphatic carbocycles. The van der Waals surface area contributed by atoms with Crippen LogP contribution in [0.4, 0.5) is 34.6 Å². The van der Waals surface area contributed by atoms with Gasteiger partial charge in [0.1, 0.15) is 17.2 Å². The molecule has 0 unspecified atom stereocenters. The zero-order chi connectivity index (χ0) is 29.5. The Bertz CT molecular complexity index is 1480. The second-order valence-electron chi connectivity index (χ2n) is 9.78. The molecule has 2 aliphatic heterocycles. The standard InChI is InChI=1S/C28H28F4N4O4S/c1-16-14-34(9-10-35(16)18-5-4-6-19(12-18)39-2)27-33-25-20(15-41-26(25)29)21(13-24(37)38)36(27)22-11-17(28(30,31)32)7-8-23(22)40-3/h4-8,11-12,15-16,21H,9-10,13-14H2,1-3H3,(H,37,38)/t16-,21+/m1/s1. The lowest BCUT2D eigenvalue weighted by Crippen LogP contribution is -2.58. The minimum atomic E-state index is -4.66. The third kappa shape index (κ3) is 5.50. The van der Waals surface area contributed by atoms with Crippen LogP contribution in [0.3, 0.4) is 0 Å². The van der Waals surface area contributed by atoms with Gasteiger partial charge in [-0.1, -0.05) is 6.07 Å². The number of rotatable bonds is 6. The molecular weight excluding hydrogens is 564 g/mol. The Hall–Kier alpha value is -4.00. The van der Waals surface area contributed by atoms with E-state index >= 15 is 0 Å². The van der Waals surface area contributed by atoms with Crippen molar-refractivity contribution in [3.05, 3.63) is 64.1 Å². The number of aliphatic carboxylic acids is 1. The number of fused-ring (bicyclic) bond motifs is 1. The SMILES string of the molecule is COc1cccc(N2CCN(C3=Nc4c(csc4F)[C@H](CC(=O)O)N3c3cc(C(F)(F)F)ccc3OC)C[C@H]2C)c1. The maximum atomic E-state index is 14.9. The zero-order valence-electron chi connectivity index (χ0n) is 22.5. The molecule has 1 aromatic heterocycles. The van der Waals surface area contributed by atoms with Crippen molar-refractivity contribution in [2.24, 2.45) is 4.99 Å². The highest BCUT2D eigenvalue weighted by Crippen LogP contribution is 2.47. The molecule has 0 saturated carbocycles. The van der Waals surface area contributed by atoms with E-state index in [4.69, 9.17) is 9.47 Å². The van der Waals surface area contributed by atoms with Gasteiger partial charge in [-0.15, -0.1) is 11.3 Å². The van der Waals surface area contributed by atoms with E-state index in [9.17, 15) is 27.5 Å². The minimum Gasteiger partial charge on any atom is -0.497 e. The van der Waals surface area contributed by atoms with E-state index in [1.807, 2.05) is 36.1 Å². The van der Waals surface area contributed by atoms with E-state index in [-0.39, 0.29) is 29.1 Å². The van der Waals surface area contributed by atoms with Crippen LogP contribution in [0.5, 0.6) is 11.5 Å². The summed E-state index contributed by atoms with van der Waals surface area (Å²) in [5.74, 6) is -0.228. The van der Waals surface area contributed by atoms with Crippen LogP contribution in [0.2, 0.25) is 0 Å². The number of carboxylic acid groups (broad SMARTS) is 1. The average Bonchev–Trinajstić information content (AvgIpc) is 3.32. The number of nitrogens with zero attached hydrogens (tertiary/aromatic N) is 4. The smallest absolute Gasteiger partial charge is 0.416 e. The minimum absolute atomic E-state index is 0.00122. The van der Waals surface area contributed by atoms with Crippen LogP contribution >= 0.6 is 11.3 Å². The van der Waals surface area contributed by atoms with Crippen molar-refractivity contribution < 1.29 is 36.9 Å². The number of anilines is 2. The first-order valence-corrected chi connectivity index (χ1v) is 13.7. The lowest BCUT2D eigenvalue weighted by molar-refractivity contribution is -0.138.